The fourth-order valence-corrected chi connectivity index (χ4v) is 3.46. The molecule has 1 aromatic rings. The summed E-state index contributed by atoms with van der Waals surface area (Å²) in [5.41, 5.74) is 0.194. The Labute approximate surface area is 158 Å². The van der Waals surface area contributed by atoms with Gasteiger partial charge in [-0.1, -0.05) is 11.6 Å². The van der Waals surface area contributed by atoms with Crippen molar-refractivity contribution in [2.45, 2.75) is 31.0 Å². The number of rotatable bonds is 1. The van der Waals surface area contributed by atoms with Crippen molar-refractivity contribution in [3.63, 3.8) is 0 Å². The molecule has 1 atom stereocenters. The molecule has 27 heavy (non-hydrogen) atoms. The number of carboxylic acid groups (broad SMARTS) is 1. The number of nitrogens with zero attached hydrogens (tertiary/aromatic N) is 2. The van der Waals surface area contributed by atoms with Crippen LogP contribution in [0, 0.1) is 5.82 Å². The molecule has 2 aliphatic rings. The largest absolute Gasteiger partial charge is 0.490 e. The van der Waals surface area contributed by atoms with Crippen molar-refractivity contribution in [1.82, 2.24) is 9.80 Å². The maximum atomic E-state index is 13.8. The lowest BCUT2D eigenvalue weighted by atomic mass is 9.78. The summed E-state index contributed by atoms with van der Waals surface area (Å²) in [6.45, 7) is 2.46. The Morgan fingerprint density at radius 2 is 1.85 bits per heavy atom. The number of carbonyl (C=O) groups excluding carboxylic acids is 1. The van der Waals surface area contributed by atoms with E-state index in [-0.39, 0.29) is 17.0 Å². The van der Waals surface area contributed by atoms with Gasteiger partial charge in [-0.25, -0.2) is 9.18 Å². The molecule has 1 aromatic carbocycles. The lowest BCUT2D eigenvalue weighted by Crippen LogP contribution is -2.66. The maximum Gasteiger partial charge on any atom is 0.490 e. The Balaban J connectivity index is 0.000000321. The SMILES string of the molecule is CN1CCC12CCCN(C(=O)c1cc(Cl)ccc1F)C2.O=C(O)C(F)(F)F. The number of piperidine rings is 1. The van der Waals surface area contributed by atoms with Crippen molar-refractivity contribution >= 4 is 23.5 Å². The molecule has 1 amide bonds. The second-order valence-electron chi connectivity index (χ2n) is 6.65. The summed E-state index contributed by atoms with van der Waals surface area (Å²) in [6, 6.07) is 4.14. The van der Waals surface area contributed by atoms with E-state index in [9.17, 15) is 22.4 Å². The van der Waals surface area contributed by atoms with E-state index >= 15 is 0 Å². The third kappa shape index (κ3) is 4.90. The zero-order chi connectivity index (χ0) is 20.4. The first-order valence-electron chi connectivity index (χ1n) is 8.22. The molecule has 0 aromatic heterocycles. The van der Waals surface area contributed by atoms with Gasteiger partial charge < -0.3 is 10.0 Å². The summed E-state index contributed by atoms with van der Waals surface area (Å²) >= 11 is 5.87. The van der Waals surface area contributed by atoms with Crippen LogP contribution in [-0.2, 0) is 4.79 Å². The number of likely N-dealkylation sites (tertiary alicyclic amines) is 2. The average Bonchev–Trinajstić information content (AvgIpc) is 2.61. The van der Waals surface area contributed by atoms with Crippen LogP contribution in [0.15, 0.2) is 18.2 Å². The third-order valence-corrected chi connectivity index (χ3v) is 5.20. The van der Waals surface area contributed by atoms with E-state index in [1.165, 1.54) is 18.2 Å². The first kappa shape index (κ1) is 21.4. The van der Waals surface area contributed by atoms with Crippen LogP contribution < -0.4 is 0 Å². The maximum absolute atomic E-state index is 13.8. The van der Waals surface area contributed by atoms with Crippen molar-refractivity contribution in [3.8, 4) is 0 Å². The zero-order valence-electron chi connectivity index (χ0n) is 14.5. The van der Waals surface area contributed by atoms with Gasteiger partial charge in [-0.05, 0) is 44.5 Å². The van der Waals surface area contributed by atoms with Crippen LogP contribution >= 0.6 is 11.6 Å². The predicted molar refractivity (Wildman–Crippen MR) is 90.2 cm³/mol. The Hall–Kier alpha value is -1.87. The Morgan fingerprint density at radius 1 is 1.22 bits per heavy atom. The number of halogens is 5. The van der Waals surface area contributed by atoms with Crippen LogP contribution in [0.3, 0.4) is 0 Å². The lowest BCUT2D eigenvalue weighted by Gasteiger charge is -2.55. The molecule has 2 heterocycles. The molecule has 1 N–H and O–H groups in total. The number of alkyl halides is 3. The fraction of sp³-hybridized carbons (Fsp3) is 0.529. The van der Waals surface area contributed by atoms with Crippen molar-refractivity contribution < 1.29 is 32.3 Å². The van der Waals surface area contributed by atoms with Crippen molar-refractivity contribution in [2.24, 2.45) is 0 Å². The Bertz CT molecular complexity index is 729. The van der Waals surface area contributed by atoms with Gasteiger partial charge in [0.1, 0.15) is 5.82 Å². The van der Waals surface area contributed by atoms with Gasteiger partial charge in [0.15, 0.2) is 0 Å². The van der Waals surface area contributed by atoms with Crippen molar-refractivity contribution in [3.05, 3.63) is 34.6 Å². The first-order chi connectivity index (χ1) is 12.5. The van der Waals surface area contributed by atoms with E-state index in [2.05, 4.69) is 11.9 Å². The lowest BCUT2D eigenvalue weighted by molar-refractivity contribution is -0.192. The number of aliphatic carboxylic acids is 1. The molecule has 1 spiro atoms. The zero-order valence-corrected chi connectivity index (χ0v) is 15.3. The third-order valence-electron chi connectivity index (χ3n) is 4.97. The molecule has 0 aliphatic carbocycles. The van der Waals surface area contributed by atoms with Gasteiger partial charge in [0.2, 0.25) is 0 Å². The molecule has 2 aliphatic heterocycles. The van der Waals surface area contributed by atoms with E-state index < -0.39 is 18.0 Å². The average molecular weight is 411 g/mol. The highest BCUT2D eigenvalue weighted by Gasteiger charge is 2.46. The molecule has 1 unspecified atom stereocenters. The molecule has 2 fully saturated rings. The monoisotopic (exact) mass is 410 g/mol. The van der Waals surface area contributed by atoms with Gasteiger partial charge in [-0.2, -0.15) is 13.2 Å². The Kier molecular flexibility index (Phi) is 6.36. The van der Waals surface area contributed by atoms with Gasteiger partial charge >= 0.3 is 12.1 Å². The Morgan fingerprint density at radius 3 is 2.33 bits per heavy atom. The van der Waals surface area contributed by atoms with Crippen LogP contribution in [0.1, 0.15) is 29.6 Å². The molecule has 10 heteroatoms. The highest BCUT2D eigenvalue weighted by atomic mass is 35.5. The molecular weight excluding hydrogens is 392 g/mol. The summed E-state index contributed by atoms with van der Waals surface area (Å²) in [4.78, 5) is 25.5. The number of benzene rings is 1. The van der Waals surface area contributed by atoms with E-state index in [0.29, 0.717) is 18.1 Å². The predicted octanol–water partition coefficient (Wildman–Crippen LogP) is 3.42. The van der Waals surface area contributed by atoms with Gasteiger partial charge in [-0.3, -0.25) is 9.69 Å². The number of likely N-dealkylation sites (N-methyl/N-ethyl adjacent to an activating group) is 1. The second kappa shape index (κ2) is 8.02. The van der Waals surface area contributed by atoms with Crippen LogP contribution in [0.4, 0.5) is 17.6 Å². The molecule has 2 saturated heterocycles. The van der Waals surface area contributed by atoms with Gasteiger partial charge in [0, 0.05) is 30.2 Å². The van der Waals surface area contributed by atoms with Crippen molar-refractivity contribution in [2.75, 3.05) is 26.7 Å². The molecule has 0 bridgehead atoms. The fourth-order valence-electron chi connectivity index (χ4n) is 3.28. The molecule has 150 valence electrons. The summed E-state index contributed by atoms with van der Waals surface area (Å²) in [5, 5.41) is 7.52. The number of carbonyl (C=O) groups is 2. The van der Waals surface area contributed by atoms with Crippen LogP contribution in [0.2, 0.25) is 5.02 Å². The topological polar surface area (TPSA) is 60.9 Å². The van der Waals surface area contributed by atoms with Crippen LogP contribution in [-0.4, -0.2) is 65.2 Å². The van der Waals surface area contributed by atoms with E-state index in [0.717, 1.165) is 25.8 Å². The minimum absolute atomic E-state index is 0.0801. The normalized spacial score (nSPS) is 22.7. The van der Waals surface area contributed by atoms with Gasteiger partial charge in [-0.15, -0.1) is 0 Å². The standard InChI is InChI=1S/C15H18ClFN2O.C2HF3O2/c1-18-8-6-15(18)5-2-7-19(10-15)14(20)12-9-11(16)3-4-13(12)17;3-2(4,5)1(6)7/h3-4,9H,2,5-8,10H2,1H3;(H,6,7). The molecule has 3 rings (SSSR count). The van der Waals surface area contributed by atoms with E-state index in [4.69, 9.17) is 21.5 Å². The van der Waals surface area contributed by atoms with E-state index in [1.807, 2.05) is 0 Å². The molecule has 0 saturated carbocycles. The van der Waals surface area contributed by atoms with Gasteiger partial charge in [0.25, 0.3) is 5.91 Å². The van der Waals surface area contributed by atoms with Crippen LogP contribution in [0.25, 0.3) is 0 Å². The van der Waals surface area contributed by atoms with Crippen molar-refractivity contribution in [1.29, 1.82) is 0 Å². The minimum Gasteiger partial charge on any atom is -0.475 e. The highest BCUT2D eigenvalue weighted by molar-refractivity contribution is 6.31. The number of amides is 1. The van der Waals surface area contributed by atoms with Gasteiger partial charge in [0.05, 0.1) is 5.56 Å². The smallest absolute Gasteiger partial charge is 0.475 e. The molecule has 5 nitrogen and oxygen atoms in total. The van der Waals surface area contributed by atoms with Crippen LogP contribution in [0.5, 0.6) is 0 Å². The summed E-state index contributed by atoms with van der Waals surface area (Å²) in [5.74, 6) is -3.50. The summed E-state index contributed by atoms with van der Waals surface area (Å²) < 4.78 is 45.6. The summed E-state index contributed by atoms with van der Waals surface area (Å²) in [7, 11) is 2.09. The second-order valence-corrected chi connectivity index (χ2v) is 7.09. The number of hydrogen-bond donors (Lipinski definition) is 1. The quantitative estimate of drug-likeness (QED) is 0.721. The summed E-state index contributed by atoms with van der Waals surface area (Å²) in [6.07, 6.45) is -1.88. The highest BCUT2D eigenvalue weighted by Crippen LogP contribution is 2.37. The minimum atomic E-state index is -5.08. The number of hydrogen-bond acceptors (Lipinski definition) is 3. The first-order valence-corrected chi connectivity index (χ1v) is 8.60. The molecular formula is C17H19ClF4N2O3. The molecule has 0 radical (unpaired) electrons. The van der Waals surface area contributed by atoms with E-state index in [1.54, 1.807) is 4.90 Å². The number of carboxylic acids is 1.